The number of nitrogens with one attached hydrogen (secondary N) is 2. The Morgan fingerprint density at radius 2 is 1.81 bits per heavy atom. The van der Waals surface area contributed by atoms with Crippen LogP contribution in [0.5, 0.6) is 11.5 Å². The molecule has 5 nitrogen and oxygen atoms in total. The van der Waals surface area contributed by atoms with Gasteiger partial charge >= 0.3 is 0 Å². The first-order valence-electron chi connectivity index (χ1n) is 9.92. The summed E-state index contributed by atoms with van der Waals surface area (Å²) in [7, 11) is 0. The van der Waals surface area contributed by atoms with Gasteiger partial charge in [0, 0.05) is 30.5 Å². The van der Waals surface area contributed by atoms with Crippen LogP contribution in [0.2, 0.25) is 0 Å². The molecule has 3 aliphatic rings. The average Bonchev–Trinajstić information content (AvgIpc) is 2.98. The lowest BCUT2D eigenvalue weighted by molar-refractivity contribution is -0.122. The number of carbonyl (C=O) groups is 1. The maximum absolute atomic E-state index is 12.5. The third kappa shape index (κ3) is 4.69. The van der Waals surface area contributed by atoms with Crippen molar-refractivity contribution in [2.24, 2.45) is 5.92 Å². The molecule has 2 bridgehead atoms. The van der Waals surface area contributed by atoms with E-state index in [0.717, 1.165) is 29.9 Å². The maximum Gasteiger partial charge on any atom is 0.220 e. The highest BCUT2D eigenvalue weighted by Crippen LogP contribution is 2.35. The number of fused-ring (bicyclic) bond motifs is 3. The molecule has 0 aromatic heterocycles. The van der Waals surface area contributed by atoms with Crippen molar-refractivity contribution in [3.05, 3.63) is 23.8 Å². The maximum atomic E-state index is 12.5. The average molecular weight is 395 g/mol. The van der Waals surface area contributed by atoms with E-state index in [0.29, 0.717) is 44.2 Å². The quantitative estimate of drug-likeness (QED) is 0.805. The van der Waals surface area contributed by atoms with Crippen molar-refractivity contribution in [1.29, 1.82) is 0 Å². The molecule has 0 saturated carbocycles. The normalized spacial score (nSPS) is 26.2. The molecule has 150 valence electrons. The van der Waals surface area contributed by atoms with E-state index in [1.165, 1.54) is 12.8 Å². The van der Waals surface area contributed by atoms with E-state index in [2.05, 4.69) is 30.5 Å². The molecule has 3 heterocycles. The van der Waals surface area contributed by atoms with Crippen molar-refractivity contribution in [1.82, 2.24) is 10.6 Å². The molecule has 1 aromatic rings. The van der Waals surface area contributed by atoms with Crippen LogP contribution in [0.15, 0.2) is 18.2 Å². The lowest BCUT2D eigenvalue weighted by Gasteiger charge is -2.30. The minimum Gasteiger partial charge on any atom is -0.486 e. The van der Waals surface area contributed by atoms with Crippen LogP contribution in [0.3, 0.4) is 0 Å². The molecule has 2 N–H and O–H groups in total. The summed E-state index contributed by atoms with van der Waals surface area (Å²) in [5, 5.41) is 6.81. The van der Waals surface area contributed by atoms with E-state index in [1.54, 1.807) is 0 Å². The van der Waals surface area contributed by atoms with Gasteiger partial charge in [-0.1, -0.05) is 19.9 Å². The van der Waals surface area contributed by atoms with Gasteiger partial charge in [0.25, 0.3) is 0 Å². The first kappa shape index (κ1) is 20.3. The Hall–Kier alpha value is -1.46. The predicted octanol–water partition coefficient (Wildman–Crippen LogP) is 3.19. The van der Waals surface area contributed by atoms with Crippen LogP contribution >= 0.6 is 12.4 Å². The van der Waals surface area contributed by atoms with Gasteiger partial charge in [-0.15, -0.1) is 12.4 Å². The Balaban J connectivity index is 0.00000210. The van der Waals surface area contributed by atoms with Crippen LogP contribution in [0.4, 0.5) is 0 Å². The Bertz CT molecular complexity index is 667. The molecule has 0 aliphatic carbocycles. The van der Waals surface area contributed by atoms with Gasteiger partial charge in [0.1, 0.15) is 13.2 Å². The number of ether oxygens (including phenoxy) is 2. The highest BCUT2D eigenvalue weighted by molar-refractivity contribution is 5.85. The molecular weight excluding hydrogens is 364 g/mol. The number of amides is 1. The van der Waals surface area contributed by atoms with Gasteiger partial charge in [0.2, 0.25) is 5.91 Å². The van der Waals surface area contributed by atoms with Crippen LogP contribution in [-0.2, 0) is 10.2 Å². The standard InChI is InChI=1S/C21H30N2O3.ClH/c1-21(2,15-3-6-18-19(12-15)26-8-7-25-18)13-22-20(24)11-14-9-16-4-5-17(10-14)23-16;/h3,6,12,14,16-17,23H,4-5,7-11,13H2,1-2H3,(H,22,24);1H. The fourth-order valence-electron chi connectivity index (χ4n) is 4.56. The summed E-state index contributed by atoms with van der Waals surface area (Å²) in [6, 6.07) is 7.37. The third-order valence-corrected chi connectivity index (χ3v) is 6.10. The molecule has 6 heteroatoms. The van der Waals surface area contributed by atoms with E-state index in [4.69, 9.17) is 9.47 Å². The van der Waals surface area contributed by atoms with E-state index >= 15 is 0 Å². The third-order valence-electron chi connectivity index (χ3n) is 6.10. The minimum atomic E-state index is -0.154. The number of carbonyl (C=O) groups excluding carboxylic acids is 1. The van der Waals surface area contributed by atoms with E-state index < -0.39 is 0 Å². The van der Waals surface area contributed by atoms with Crippen molar-refractivity contribution in [2.45, 2.75) is 63.5 Å². The molecule has 1 amide bonds. The summed E-state index contributed by atoms with van der Waals surface area (Å²) < 4.78 is 11.3. The predicted molar refractivity (Wildman–Crippen MR) is 108 cm³/mol. The Kier molecular flexibility index (Phi) is 6.21. The summed E-state index contributed by atoms with van der Waals surface area (Å²) in [5.41, 5.74) is 1.00. The van der Waals surface area contributed by atoms with E-state index in [9.17, 15) is 4.79 Å². The fraction of sp³-hybridized carbons (Fsp3) is 0.667. The molecule has 2 fully saturated rings. The topological polar surface area (TPSA) is 59.6 Å². The number of piperidine rings is 1. The highest BCUT2D eigenvalue weighted by atomic mass is 35.5. The summed E-state index contributed by atoms with van der Waals surface area (Å²) in [6.45, 7) is 6.13. The molecule has 4 rings (SSSR count). The largest absolute Gasteiger partial charge is 0.486 e. The van der Waals surface area contributed by atoms with Crippen molar-refractivity contribution < 1.29 is 14.3 Å². The first-order valence-corrected chi connectivity index (χ1v) is 9.92. The van der Waals surface area contributed by atoms with Crippen LogP contribution in [0, 0.1) is 5.92 Å². The number of halogens is 1. The number of hydrogen-bond donors (Lipinski definition) is 2. The molecule has 3 aliphatic heterocycles. The monoisotopic (exact) mass is 394 g/mol. The van der Waals surface area contributed by atoms with Gasteiger partial charge in [-0.25, -0.2) is 0 Å². The Morgan fingerprint density at radius 3 is 2.52 bits per heavy atom. The highest BCUT2D eigenvalue weighted by Gasteiger charge is 2.34. The van der Waals surface area contributed by atoms with Crippen molar-refractivity contribution >= 4 is 18.3 Å². The zero-order valence-electron chi connectivity index (χ0n) is 16.3. The molecule has 27 heavy (non-hydrogen) atoms. The van der Waals surface area contributed by atoms with Crippen LogP contribution < -0.4 is 20.1 Å². The zero-order chi connectivity index (χ0) is 18.1. The summed E-state index contributed by atoms with van der Waals surface area (Å²) in [5.74, 6) is 2.33. The molecule has 0 radical (unpaired) electrons. The van der Waals surface area contributed by atoms with Crippen LogP contribution in [0.1, 0.15) is 51.5 Å². The zero-order valence-corrected chi connectivity index (χ0v) is 17.1. The van der Waals surface area contributed by atoms with Gasteiger partial charge in [0.15, 0.2) is 11.5 Å². The fourth-order valence-corrected chi connectivity index (χ4v) is 4.56. The number of rotatable bonds is 5. The smallest absolute Gasteiger partial charge is 0.220 e. The number of benzene rings is 1. The van der Waals surface area contributed by atoms with Gasteiger partial charge in [-0.2, -0.15) is 0 Å². The first-order chi connectivity index (χ1) is 12.5. The summed E-state index contributed by atoms with van der Waals surface area (Å²) in [4.78, 5) is 12.5. The lowest BCUT2D eigenvalue weighted by atomic mass is 9.84. The van der Waals surface area contributed by atoms with E-state index in [-0.39, 0.29) is 23.7 Å². The number of hydrogen-bond acceptors (Lipinski definition) is 4. The molecule has 1 aromatic carbocycles. The lowest BCUT2D eigenvalue weighted by Crippen LogP contribution is -2.41. The van der Waals surface area contributed by atoms with Crippen LogP contribution in [-0.4, -0.2) is 37.7 Å². The Labute approximate surface area is 168 Å². The van der Waals surface area contributed by atoms with Gasteiger partial charge in [-0.05, 0) is 49.3 Å². The SMILES string of the molecule is CC(C)(CNC(=O)CC1CC2CCC(C1)N2)c1ccc2c(c1)OCCO2.Cl. The second-order valence-electron chi connectivity index (χ2n) is 8.70. The van der Waals surface area contributed by atoms with Crippen LogP contribution in [0.25, 0.3) is 0 Å². The molecule has 2 unspecified atom stereocenters. The van der Waals surface area contributed by atoms with Crippen molar-refractivity contribution in [2.75, 3.05) is 19.8 Å². The Morgan fingerprint density at radius 1 is 1.15 bits per heavy atom. The summed E-state index contributed by atoms with van der Waals surface area (Å²) in [6.07, 6.45) is 5.51. The minimum absolute atomic E-state index is 0. The molecule has 2 saturated heterocycles. The van der Waals surface area contributed by atoms with Crippen molar-refractivity contribution in [3.8, 4) is 11.5 Å². The van der Waals surface area contributed by atoms with E-state index in [1.807, 2.05) is 12.1 Å². The molecule has 0 spiro atoms. The van der Waals surface area contributed by atoms with Crippen molar-refractivity contribution in [3.63, 3.8) is 0 Å². The van der Waals surface area contributed by atoms with Gasteiger partial charge < -0.3 is 20.1 Å². The second kappa shape index (κ2) is 8.27. The second-order valence-corrected chi connectivity index (χ2v) is 8.70. The summed E-state index contributed by atoms with van der Waals surface area (Å²) >= 11 is 0. The van der Waals surface area contributed by atoms with Gasteiger partial charge in [-0.3, -0.25) is 4.79 Å². The van der Waals surface area contributed by atoms with Gasteiger partial charge in [0.05, 0.1) is 0 Å². The molecule has 2 atom stereocenters. The molecular formula is C21H31ClN2O3.